The smallest absolute Gasteiger partial charge is 0.356 e. The molecule has 1 aliphatic rings. The second-order valence-electron chi connectivity index (χ2n) is 5.74. The molecule has 0 amide bonds. The number of hydrogen-bond donors (Lipinski definition) is 1. The van der Waals surface area contributed by atoms with Crippen LogP contribution in [0.5, 0.6) is 0 Å². The van der Waals surface area contributed by atoms with Crippen LogP contribution in [0.2, 0.25) is 0 Å². The van der Waals surface area contributed by atoms with Gasteiger partial charge >= 0.3 is 5.97 Å². The molecule has 1 aliphatic carbocycles. The number of hydrogen-bond acceptors (Lipinski definition) is 4. The second kappa shape index (κ2) is 6.13. The Hall–Kier alpha value is -2.43. The van der Waals surface area contributed by atoms with E-state index in [4.69, 9.17) is 5.11 Å². The molecular weight excluding hydrogens is 278 g/mol. The van der Waals surface area contributed by atoms with Crippen LogP contribution in [-0.4, -0.2) is 27.1 Å². The standard InChI is InChI=1S/C17H19N3O2/c1-12(13-7-8-13)20(15-5-3-2-4-6-15)11-14-9-19-16(10-18-14)17(21)22/h2-6,9-10,12-13H,7-8,11H2,1H3,(H,21,22). The fourth-order valence-corrected chi connectivity index (χ4v) is 2.64. The molecule has 0 radical (unpaired) electrons. The third-order valence-electron chi connectivity index (χ3n) is 4.14. The van der Waals surface area contributed by atoms with Crippen LogP contribution in [0.15, 0.2) is 42.7 Å². The summed E-state index contributed by atoms with van der Waals surface area (Å²) in [6.45, 7) is 2.87. The number of aromatic nitrogens is 2. The minimum absolute atomic E-state index is 0.0229. The Morgan fingerprint density at radius 3 is 2.55 bits per heavy atom. The molecule has 1 N–H and O–H groups in total. The highest BCUT2D eigenvalue weighted by Gasteiger charge is 2.32. The monoisotopic (exact) mass is 297 g/mol. The lowest BCUT2D eigenvalue weighted by molar-refractivity contribution is 0.0690. The van der Waals surface area contributed by atoms with Crippen LogP contribution >= 0.6 is 0 Å². The van der Waals surface area contributed by atoms with Crippen LogP contribution in [0.3, 0.4) is 0 Å². The predicted molar refractivity (Wildman–Crippen MR) is 83.8 cm³/mol. The zero-order valence-corrected chi connectivity index (χ0v) is 12.5. The summed E-state index contributed by atoms with van der Waals surface area (Å²) < 4.78 is 0. The zero-order chi connectivity index (χ0) is 15.5. The molecule has 0 bridgehead atoms. The summed E-state index contributed by atoms with van der Waals surface area (Å²) in [6, 6.07) is 10.7. The normalized spacial score (nSPS) is 15.3. The first-order chi connectivity index (χ1) is 10.6. The van der Waals surface area contributed by atoms with Crippen molar-refractivity contribution in [2.45, 2.75) is 32.4 Å². The lowest BCUT2D eigenvalue weighted by Gasteiger charge is -2.31. The second-order valence-corrected chi connectivity index (χ2v) is 5.74. The first-order valence-electron chi connectivity index (χ1n) is 7.51. The molecule has 0 aliphatic heterocycles. The fourth-order valence-electron chi connectivity index (χ4n) is 2.64. The van der Waals surface area contributed by atoms with Crippen molar-refractivity contribution >= 4 is 11.7 Å². The van der Waals surface area contributed by atoms with Gasteiger partial charge in [-0.15, -0.1) is 0 Å². The van der Waals surface area contributed by atoms with Gasteiger partial charge in [-0.2, -0.15) is 0 Å². The van der Waals surface area contributed by atoms with E-state index in [1.165, 1.54) is 19.0 Å². The molecule has 1 heterocycles. The molecule has 0 spiro atoms. The zero-order valence-electron chi connectivity index (χ0n) is 12.5. The van der Waals surface area contributed by atoms with Gasteiger partial charge in [0, 0.05) is 11.7 Å². The molecule has 22 heavy (non-hydrogen) atoms. The van der Waals surface area contributed by atoms with Gasteiger partial charge in [-0.25, -0.2) is 9.78 Å². The highest BCUT2D eigenvalue weighted by Crippen LogP contribution is 2.37. The number of benzene rings is 1. The maximum absolute atomic E-state index is 10.8. The average molecular weight is 297 g/mol. The molecule has 5 nitrogen and oxygen atoms in total. The van der Waals surface area contributed by atoms with E-state index in [1.54, 1.807) is 6.20 Å². The Labute approximate surface area is 129 Å². The number of nitrogens with zero attached hydrogens (tertiary/aromatic N) is 3. The highest BCUT2D eigenvalue weighted by molar-refractivity contribution is 5.84. The first kappa shape index (κ1) is 14.5. The Morgan fingerprint density at radius 2 is 2.00 bits per heavy atom. The lowest BCUT2D eigenvalue weighted by Crippen LogP contribution is -2.34. The lowest BCUT2D eigenvalue weighted by atomic mass is 10.1. The van der Waals surface area contributed by atoms with Gasteiger partial charge in [-0.05, 0) is 37.8 Å². The molecule has 2 aromatic rings. The largest absolute Gasteiger partial charge is 0.476 e. The molecule has 3 rings (SSSR count). The quantitative estimate of drug-likeness (QED) is 0.888. The number of carboxylic acid groups (broad SMARTS) is 1. The number of aromatic carboxylic acids is 1. The van der Waals surface area contributed by atoms with Gasteiger partial charge in [0.15, 0.2) is 5.69 Å². The van der Waals surface area contributed by atoms with E-state index in [0.29, 0.717) is 12.6 Å². The van der Waals surface area contributed by atoms with E-state index >= 15 is 0 Å². The van der Waals surface area contributed by atoms with Gasteiger partial charge in [0.2, 0.25) is 0 Å². The van der Waals surface area contributed by atoms with Gasteiger partial charge in [0.25, 0.3) is 0 Å². The van der Waals surface area contributed by atoms with Crippen molar-refractivity contribution in [3.63, 3.8) is 0 Å². The minimum Gasteiger partial charge on any atom is -0.476 e. The van der Waals surface area contributed by atoms with Gasteiger partial charge < -0.3 is 10.0 Å². The van der Waals surface area contributed by atoms with Crippen LogP contribution in [0.1, 0.15) is 35.9 Å². The van der Waals surface area contributed by atoms with Gasteiger partial charge in [-0.3, -0.25) is 4.98 Å². The molecule has 1 fully saturated rings. The van der Waals surface area contributed by atoms with Crippen LogP contribution in [-0.2, 0) is 6.54 Å². The fraction of sp³-hybridized carbons (Fsp3) is 0.353. The van der Waals surface area contributed by atoms with Crippen molar-refractivity contribution in [3.05, 3.63) is 54.1 Å². The van der Waals surface area contributed by atoms with E-state index < -0.39 is 5.97 Å². The number of carboxylic acids is 1. The van der Waals surface area contributed by atoms with Gasteiger partial charge in [0.1, 0.15) is 0 Å². The van der Waals surface area contributed by atoms with E-state index in [1.807, 2.05) is 18.2 Å². The molecule has 1 aromatic heterocycles. The Morgan fingerprint density at radius 1 is 1.27 bits per heavy atom. The molecule has 1 atom stereocenters. The third kappa shape index (κ3) is 3.24. The van der Waals surface area contributed by atoms with E-state index in [9.17, 15) is 4.79 Å². The van der Waals surface area contributed by atoms with Crippen molar-refractivity contribution in [2.24, 2.45) is 5.92 Å². The summed E-state index contributed by atoms with van der Waals surface area (Å²) in [4.78, 5) is 21.4. The van der Waals surface area contributed by atoms with E-state index in [0.717, 1.165) is 17.3 Å². The summed E-state index contributed by atoms with van der Waals surface area (Å²) in [6.07, 6.45) is 5.42. The Kier molecular flexibility index (Phi) is 4.04. The van der Waals surface area contributed by atoms with Crippen molar-refractivity contribution in [1.82, 2.24) is 9.97 Å². The number of carbonyl (C=O) groups is 1. The van der Waals surface area contributed by atoms with Crippen LogP contribution in [0.4, 0.5) is 5.69 Å². The number of anilines is 1. The Balaban J connectivity index is 1.81. The predicted octanol–water partition coefficient (Wildman–Crippen LogP) is 2.98. The van der Waals surface area contributed by atoms with Crippen LogP contribution < -0.4 is 4.90 Å². The van der Waals surface area contributed by atoms with Gasteiger partial charge in [0.05, 0.1) is 24.6 Å². The number of rotatable bonds is 6. The molecule has 0 saturated heterocycles. The van der Waals surface area contributed by atoms with Crippen LogP contribution in [0, 0.1) is 5.92 Å². The van der Waals surface area contributed by atoms with E-state index in [2.05, 4.69) is 33.9 Å². The highest BCUT2D eigenvalue weighted by atomic mass is 16.4. The average Bonchev–Trinajstić information content (AvgIpc) is 3.38. The summed E-state index contributed by atoms with van der Waals surface area (Å²) in [7, 11) is 0. The van der Waals surface area contributed by atoms with Crippen molar-refractivity contribution in [1.29, 1.82) is 0 Å². The third-order valence-corrected chi connectivity index (χ3v) is 4.14. The number of para-hydroxylation sites is 1. The molecule has 114 valence electrons. The van der Waals surface area contributed by atoms with E-state index in [-0.39, 0.29) is 5.69 Å². The molecule has 1 unspecified atom stereocenters. The summed E-state index contributed by atoms with van der Waals surface area (Å²) in [5.74, 6) is -0.322. The maximum atomic E-state index is 10.8. The summed E-state index contributed by atoms with van der Waals surface area (Å²) >= 11 is 0. The Bertz CT molecular complexity index is 639. The van der Waals surface area contributed by atoms with Crippen molar-refractivity contribution in [3.8, 4) is 0 Å². The van der Waals surface area contributed by atoms with Crippen molar-refractivity contribution in [2.75, 3.05) is 4.90 Å². The maximum Gasteiger partial charge on any atom is 0.356 e. The van der Waals surface area contributed by atoms with Crippen LogP contribution in [0.25, 0.3) is 0 Å². The molecule has 1 saturated carbocycles. The van der Waals surface area contributed by atoms with Gasteiger partial charge in [-0.1, -0.05) is 18.2 Å². The summed E-state index contributed by atoms with van der Waals surface area (Å²) in [5.41, 5.74) is 1.91. The summed E-state index contributed by atoms with van der Waals surface area (Å²) in [5, 5.41) is 8.89. The minimum atomic E-state index is -1.05. The molecule has 5 heteroatoms. The first-order valence-corrected chi connectivity index (χ1v) is 7.51. The van der Waals surface area contributed by atoms with Crippen molar-refractivity contribution < 1.29 is 9.90 Å². The SMILES string of the molecule is CC(C1CC1)N(Cc1cnc(C(=O)O)cn1)c1ccccc1. The molecular formula is C17H19N3O2. The topological polar surface area (TPSA) is 66.3 Å². The molecule has 1 aromatic carbocycles.